The van der Waals surface area contributed by atoms with Crippen molar-refractivity contribution in [1.82, 2.24) is 20.0 Å². The van der Waals surface area contributed by atoms with Gasteiger partial charge in [-0.25, -0.2) is 4.79 Å². The Morgan fingerprint density at radius 2 is 2.18 bits per heavy atom. The molecule has 0 saturated carbocycles. The minimum Gasteiger partial charge on any atom is -0.481 e. The van der Waals surface area contributed by atoms with Gasteiger partial charge in [-0.2, -0.15) is 5.10 Å². The van der Waals surface area contributed by atoms with Gasteiger partial charge >= 0.3 is 12.0 Å². The zero-order valence-corrected chi connectivity index (χ0v) is 12.8. The molecule has 0 radical (unpaired) electrons. The second kappa shape index (κ2) is 5.98. The molecule has 2 N–H and O–H groups in total. The lowest BCUT2D eigenvalue weighted by molar-refractivity contribution is -0.143. The van der Waals surface area contributed by atoms with Gasteiger partial charge in [0.1, 0.15) is 0 Å². The SMILES string of the molecule is Cn1ncc2c1CCCC2NC(=O)N1CCCC(C(=O)O)C1. The Labute approximate surface area is 129 Å². The van der Waals surface area contributed by atoms with Crippen molar-refractivity contribution in [3.63, 3.8) is 0 Å². The van der Waals surface area contributed by atoms with Gasteiger partial charge in [-0.15, -0.1) is 0 Å². The zero-order valence-electron chi connectivity index (χ0n) is 12.8. The number of aryl methyl sites for hydroxylation is 1. The van der Waals surface area contributed by atoms with E-state index in [0.29, 0.717) is 19.5 Å². The van der Waals surface area contributed by atoms with Crippen molar-refractivity contribution in [2.24, 2.45) is 13.0 Å². The topological polar surface area (TPSA) is 87.5 Å². The molecule has 2 atom stereocenters. The number of nitrogens with zero attached hydrogens (tertiary/aromatic N) is 3. The Balaban J connectivity index is 1.66. The molecule has 1 aromatic heterocycles. The number of urea groups is 1. The average molecular weight is 306 g/mol. The first-order valence-corrected chi connectivity index (χ1v) is 7.85. The maximum atomic E-state index is 12.4. The summed E-state index contributed by atoms with van der Waals surface area (Å²) in [5, 5.41) is 16.5. The lowest BCUT2D eigenvalue weighted by Crippen LogP contribution is -2.48. The van der Waals surface area contributed by atoms with E-state index in [1.54, 1.807) is 4.90 Å². The number of aromatic nitrogens is 2. The van der Waals surface area contributed by atoms with Gasteiger partial charge in [0.2, 0.25) is 0 Å². The Hall–Kier alpha value is -2.05. The standard InChI is InChI=1S/C15H22N4O3/c1-18-13-6-2-5-12(11(13)8-16-18)17-15(22)19-7-3-4-10(9-19)14(20)21/h8,10,12H,2-7,9H2,1H3,(H,17,22)(H,20,21). The van der Waals surface area contributed by atoms with Crippen LogP contribution in [0.15, 0.2) is 6.20 Å². The quantitative estimate of drug-likeness (QED) is 0.862. The van der Waals surface area contributed by atoms with Crippen LogP contribution in [0.1, 0.15) is 43.0 Å². The molecule has 2 unspecified atom stereocenters. The van der Waals surface area contributed by atoms with E-state index in [4.69, 9.17) is 5.11 Å². The Morgan fingerprint density at radius 3 is 2.95 bits per heavy atom. The molecule has 0 aromatic carbocycles. The summed E-state index contributed by atoms with van der Waals surface area (Å²) in [7, 11) is 1.92. The van der Waals surface area contributed by atoms with Crippen molar-refractivity contribution >= 4 is 12.0 Å². The van der Waals surface area contributed by atoms with Crippen LogP contribution < -0.4 is 5.32 Å². The molecule has 7 nitrogen and oxygen atoms in total. The highest BCUT2D eigenvalue weighted by atomic mass is 16.4. The molecule has 0 spiro atoms. The van der Waals surface area contributed by atoms with Crippen molar-refractivity contribution in [2.45, 2.75) is 38.1 Å². The van der Waals surface area contributed by atoms with Crippen LogP contribution in [0.4, 0.5) is 4.79 Å². The summed E-state index contributed by atoms with van der Waals surface area (Å²) < 4.78 is 1.87. The number of carboxylic acids is 1. The van der Waals surface area contributed by atoms with Gasteiger partial charge in [0.15, 0.2) is 0 Å². The number of nitrogens with one attached hydrogen (secondary N) is 1. The number of hydrogen-bond donors (Lipinski definition) is 2. The van der Waals surface area contributed by atoms with E-state index in [2.05, 4.69) is 10.4 Å². The molecule has 1 saturated heterocycles. The number of likely N-dealkylation sites (tertiary alicyclic amines) is 1. The third kappa shape index (κ3) is 2.80. The summed E-state index contributed by atoms with van der Waals surface area (Å²) in [6.45, 7) is 0.927. The predicted molar refractivity (Wildman–Crippen MR) is 79.4 cm³/mol. The van der Waals surface area contributed by atoms with Crippen LogP contribution in [0.25, 0.3) is 0 Å². The summed E-state index contributed by atoms with van der Waals surface area (Å²) in [5.74, 6) is -1.26. The number of amides is 2. The molecule has 1 aliphatic heterocycles. The zero-order chi connectivity index (χ0) is 15.7. The van der Waals surface area contributed by atoms with E-state index in [-0.39, 0.29) is 12.1 Å². The van der Waals surface area contributed by atoms with Crippen LogP contribution in [0.3, 0.4) is 0 Å². The maximum absolute atomic E-state index is 12.4. The first-order chi connectivity index (χ1) is 10.6. The fourth-order valence-electron chi connectivity index (χ4n) is 3.46. The largest absolute Gasteiger partial charge is 0.481 e. The van der Waals surface area contributed by atoms with Crippen molar-refractivity contribution in [3.8, 4) is 0 Å². The Bertz CT molecular complexity index is 583. The Kier molecular flexibility index (Phi) is 4.04. The van der Waals surface area contributed by atoms with E-state index < -0.39 is 11.9 Å². The van der Waals surface area contributed by atoms with Gasteiger partial charge in [0.25, 0.3) is 0 Å². The molecular weight excluding hydrogens is 284 g/mol. The first-order valence-electron chi connectivity index (χ1n) is 7.85. The van der Waals surface area contributed by atoms with Crippen molar-refractivity contribution < 1.29 is 14.7 Å². The van der Waals surface area contributed by atoms with E-state index in [9.17, 15) is 9.59 Å². The third-order valence-corrected chi connectivity index (χ3v) is 4.73. The number of piperidine rings is 1. The van der Waals surface area contributed by atoms with Crippen molar-refractivity contribution in [2.75, 3.05) is 13.1 Å². The van der Waals surface area contributed by atoms with E-state index in [1.165, 1.54) is 5.69 Å². The third-order valence-electron chi connectivity index (χ3n) is 4.73. The lowest BCUT2D eigenvalue weighted by Gasteiger charge is -2.33. The number of hydrogen-bond acceptors (Lipinski definition) is 3. The molecule has 2 heterocycles. The van der Waals surface area contributed by atoms with Gasteiger partial charge in [0, 0.05) is 31.4 Å². The van der Waals surface area contributed by atoms with Crippen LogP contribution in [-0.4, -0.2) is 44.9 Å². The van der Waals surface area contributed by atoms with Gasteiger partial charge in [0.05, 0.1) is 18.2 Å². The average Bonchev–Trinajstić information content (AvgIpc) is 2.90. The van der Waals surface area contributed by atoms with Crippen molar-refractivity contribution in [1.29, 1.82) is 0 Å². The summed E-state index contributed by atoms with van der Waals surface area (Å²) in [4.78, 5) is 25.2. The van der Waals surface area contributed by atoms with E-state index in [1.807, 2.05) is 17.9 Å². The molecule has 2 aliphatic rings. The predicted octanol–water partition coefficient (Wildman–Crippen LogP) is 1.30. The second-order valence-corrected chi connectivity index (χ2v) is 6.19. The summed E-state index contributed by atoms with van der Waals surface area (Å²) >= 11 is 0. The number of carboxylic acid groups (broad SMARTS) is 1. The Morgan fingerprint density at radius 1 is 1.36 bits per heavy atom. The molecule has 120 valence electrons. The normalized spacial score (nSPS) is 24.7. The number of rotatable bonds is 2. The van der Waals surface area contributed by atoms with Crippen molar-refractivity contribution in [3.05, 3.63) is 17.5 Å². The number of carbonyl (C=O) groups is 2. The van der Waals surface area contributed by atoms with E-state index >= 15 is 0 Å². The molecule has 0 bridgehead atoms. The first kappa shape index (κ1) is 14.9. The van der Waals surface area contributed by atoms with Crippen LogP contribution >= 0.6 is 0 Å². The van der Waals surface area contributed by atoms with Crippen LogP contribution in [0.5, 0.6) is 0 Å². The monoisotopic (exact) mass is 306 g/mol. The van der Waals surface area contributed by atoms with Crippen LogP contribution in [0, 0.1) is 5.92 Å². The summed E-state index contributed by atoms with van der Waals surface area (Å²) in [6, 6.07) is -0.178. The molecule has 22 heavy (non-hydrogen) atoms. The van der Waals surface area contributed by atoms with Gasteiger partial charge < -0.3 is 15.3 Å². The van der Waals surface area contributed by atoms with Gasteiger partial charge in [-0.05, 0) is 32.1 Å². The molecule has 1 fully saturated rings. The smallest absolute Gasteiger partial charge is 0.317 e. The van der Waals surface area contributed by atoms with E-state index in [0.717, 1.165) is 31.2 Å². The highest BCUT2D eigenvalue weighted by Crippen LogP contribution is 2.29. The van der Waals surface area contributed by atoms with Gasteiger partial charge in [-0.1, -0.05) is 0 Å². The highest BCUT2D eigenvalue weighted by molar-refractivity contribution is 5.77. The number of carbonyl (C=O) groups excluding carboxylic acids is 1. The summed E-state index contributed by atoms with van der Waals surface area (Å²) in [5.41, 5.74) is 2.27. The molecular formula is C15H22N4O3. The minimum absolute atomic E-state index is 0.0184. The molecule has 3 rings (SSSR count). The summed E-state index contributed by atoms with van der Waals surface area (Å²) in [6.07, 6.45) is 6.14. The molecule has 1 aromatic rings. The van der Waals surface area contributed by atoms with Crippen LogP contribution in [0.2, 0.25) is 0 Å². The second-order valence-electron chi connectivity index (χ2n) is 6.19. The van der Waals surface area contributed by atoms with Crippen LogP contribution in [-0.2, 0) is 18.3 Å². The highest BCUT2D eigenvalue weighted by Gasteiger charge is 2.31. The number of aliphatic carboxylic acids is 1. The minimum atomic E-state index is -0.815. The fraction of sp³-hybridized carbons (Fsp3) is 0.667. The molecule has 1 aliphatic carbocycles. The molecule has 7 heteroatoms. The molecule has 2 amide bonds. The van der Waals surface area contributed by atoms with Gasteiger partial charge in [-0.3, -0.25) is 9.48 Å². The lowest BCUT2D eigenvalue weighted by atomic mass is 9.93. The maximum Gasteiger partial charge on any atom is 0.317 e. The number of fused-ring (bicyclic) bond motifs is 1. The fourth-order valence-corrected chi connectivity index (χ4v) is 3.46.